The van der Waals surface area contributed by atoms with E-state index >= 15 is 0 Å². The smallest absolute Gasteiger partial charge is 0.485 e. The number of carbonyl (C=O) groups is 2. The van der Waals surface area contributed by atoms with Crippen LogP contribution in [-0.4, -0.2) is 52.1 Å². The fourth-order valence-corrected chi connectivity index (χ4v) is 4.75. The second-order valence-electron chi connectivity index (χ2n) is 7.09. The van der Waals surface area contributed by atoms with Crippen molar-refractivity contribution < 1.29 is 45.9 Å². The monoisotopic (exact) mass is 546 g/mol. The summed E-state index contributed by atoms with van der Waals surface area (Å²) in [5.74, 6) is 0.276. The van der Waals surface area contributed by atoms with E-state index in [1.165, 1.54) is 39.3 Å². The number of aryl methyl sites for hydroxylation is 1. The Morgan fingerprint density at radius 3 is 1.92 bits per heavy atom. The summed E-state index contributed by atoms with van der Waals surface area (Å²) in [6, 6.07) is 19.4. The fourth-order valence-electron chi connectivity index (χ4n) is 2.95. The van der Waals surface area contributed by atoms with Crippen molar-refractivity contribution in [1.29, 1.82) is 0 Å². The van der Waals surface area contributed by atoms with Crippen molar-refractivity contribution in [3.8, 4) is 0 Å². The van der Waals surface area contributed by atoms with E-state index in [-0.39, 0.29) is 11.1 Å². The van der Waals surface area contributed by atoms with Gasteiger partial charge in [0.1, 0.15) is 11.5 Å². The van der Waals surface area contributed by atoms with E-state index < -0.39 is 27.6 Å². The number of hydrogen-bond donors (Lipinski definition) is 2. The van der Waals surface area contributed by atoms with Gasteiger partial charge in [0.05, 0.1) is 11.1 Å². The molecule has 0 aliphatic heterocycles. The van der Waals surface area contributed by atoms with Crippen LogP contribution in [0.2, 0.25) is 0 Å². The molecule has 12 heteroatoms. The maximum absolute atomic E-state index is 10.7. The van der Waals surface area contributed by atoms with E-state index in [9.17, 15) is 22.8 Å². The van der Waals surface area contributed by atoms with Gasteiger partial charge in [0.15, 0.2) is 15.0 Å². The van der Waals surface area contributed by atoms with E-state index in [4.69, 9.17) is 23.2 Å². The van der Waals surface area contributed by atoms with Gasteiger partial charge >= 0.3 is 17.4 Å². The van der Waals surface area contributed by atoms with Gasteiger partial charge in [-0.1, -0.05) is 36.4 Å². The van der Waals surface area contributed by atoms with Gasteiger partial charge in [-0.05, 0) is 56.0 Å². The first-order chi connectivity index (χ1) is 16.6. The maximum Gasteiger partial charge on any atom is 0.485 e. The van der Waals surface area contributed by atoms with E-state index in [1.807, 2.05) is 0 Å². The van der Waals surface area contributed by atoms with Crippen LogP contribution in [0, 0.1) is 6.92 Å². The number of aromatic carboxylic acids is 2. The molecule has 3 aromatic rings. The van der Waals surface area contributed by atoms with Gasteiger partial charge in [-0.15, -0.1) is 0 Å². The first-order valence-corrected chi connectivity index (χ1v) is 13.4. The molecule has 0 aliphatic rings. The maximum atomic E-state index is 10.7. The Morgan fingerprint density at radius 1 is 0.917 bits per heavy atom. The molecule has 0 saturated heterocycles. The van der Waals surface area contributed by atoms with Crippen LogP contribution in [0.25, 0.3) is 10.8 Å². The van der Waals surface area contributed by atoms with Gasteiger partial charge < -0.3 is 14.8 Å². The molecule has 0 bridgehead atoms. The summed E-state index contributed by atoms with van der Waals surface area (Å²) < 4.78 is 58.9. The quantitative estimate of drug-likeness (QED) is 0.252. The minimum absolute atomic E-state index is 0.0111. The highest BCUT2D eigenvalue weighted by Gasteiger charge is 2.36. The Kier molecular flexibility index (Phi) is 11.4. The third kappa shape index (κ3) is 8.85. The zero-order valence-corrected chi connectivity index (χ0v) is 21.2. The van der Waals surface area contributed by atoms with Crippen molar-refractivity contribution in [3.63, 3.8) is 0 Å². The van der Waals surface area contributed by atoms with Crippen LogP contribution in [0.1, 0.15) is 40.1 Å². The van der Waals surface area contributed by atoms with Crippen molar-refractivity contribution in [3.05, 3.63) is 77.4 Å². The minimum Gasteiger partial charge on any atom is -0.741 e. The SMILES string of the molecule is CC[S+](CC)c1cccc2ccccc12.Cc1ccc(C(=O)O)cc1C(=O)O.O=S(=O)([O-])C(F)(F)F. The van der Waals surface area contributed by atoms with Gasteiger partial charge in [0, 0.05) is 16.3 Å². The summed E-state index contributed by atoms with van der Waals surface area (Å²) >= 11 is 0. The molecule has 0 heterocycles. The van der Waals surface area contributed by atoms with Crippen LogP contribution >= 0.6 is 0 Å². The lowest BCUT2D eigenvalue weighted by Crippen LogP contribution is -2.21. The predicted octanol–water partition coefficient (Wildman–Crippen LogP) is 5.30. The molecule has 7 nitrogen and oxygen atoms in total. The lowest BCUT2D eigenvalue weighted by atomic mass is 10.1. The molecular formula is C24H25F3O7S2. The lowest BCUT2D eigenvalue weighted by Gasteiger charge is -2.08. The Labute approximate surface area is 209 Å². The normalized spacial score (nSPS) is 11.2. The molecule has 0 radical (unpaired) electrons. The summed E-state index contributed by atoms with van der Waals surface area (Å²) in [5, 5.41) is 20.1. The zero-order valence-electron chi connectivity index (χ0n) is 19.6. The van der Waals surface area contributed by atoms with Crippen molar-refractivity contribution in [2.24, 2.45) is 0 Å². The third-order valence-electron chi connectivity index (χ3n) is 4.76. The van der Waals surface area contributed by atoms with Crippen LogP contribution in [0.3, 0.4) is 0 Å². The second kappa shape index (κ2) is 13.3. The molecule has 0 spiro atoms. The van der Waals surface area contributed by atoms with Gasteiger partial charge in [-0.25, -0.2) is 18.0 Å². The number of halogens is 3. The molecule has 0 saturated carbocycles. The third-order valence-corrected chi connectivity index (χ3v) is 7.69. The number of hydrogen-bond acceptors (Lipinski definition) is 5. The van der Waals surface area contributed by atoms with E-state index in [1.54, 1.807) is 6.92 Å². The number of carboxylic acids is 2. The Morgan fingerprint density at radius 2 is 1.44 bits per heavy atom. The first kappa shape index (κ1) is 30.9. The first-order valence-electron chi connectivity index (χ1n) is 10.4. The Hall–Kier alpha value is -3.09. The van der Waals surface area contributed by atoms with E-state index in [2.05, 4.69) is 56.3 Å². The van der Waals surface area contributed by atoms with Gasteiger partial charge in [-0.3, -0.25) is 0 Å². The molecular weight excluding hydrogens is 521 g/mol. The lowest BCUT2D eigenvalue weighted by molar-refractivity contribution is -0.0518. The molecule has 2 N–H and O–H groups in total. The highest BCUT2D eigenvalue weighted by molar-refractivity contribution is 7.97. The number of carboxylic acid groups (broad SMARTS) is 2. The molecule has 3 aromatic carbocycles. The van der Waals surface area contributed by atoms with Crippen molar-refractivity contribution in [2.75, 3.05) is 11.5 Å². The predicted molar refractivity (Wildman–Crippen MR) is 132 cm³/mol. The van der Waals surface area contributed by atoms with Crippen LogP contribution in [0.4, 0.5) is 13.2 Å². The summed E-state index contributed by atoms with van der Waals surface area (Å²) in [4.78, 5) is 22.6. The highest BCUT2D eigenvalue weighted by Crippen LogP contribution is 2.25. The van der Waals surface area contributed by atoms with E-state index in [0.29, 0.717) is 16.5 Å². The molecule has 0 fully saturated rings. The molecule has 196 valence electrons. The van der Waals surface area contributed by atoms with Crippen LogP contribution in [0.5, 0.6) is 0 Å². The molecule has 0 atom stereocenters. The molecule has 0 aromatic heterocycles. The molecule has 0 aliphatic carbocycles. The van der Waals surface area contributed by atoms with Crippen molar-refractivity contribution >= 4 is 43.7 Å². The van der Waals surface area contributed by atoms with Crippen molar-refractivity contribution in [1.82, 2.24) is 0 Å². The summed E-state index contributed by atoms with van der Waals surface area (Å²) in [5.41, 5.74) is -5.08. The number of alkyl halides is 3. The number of fused-ring (bicyclic) bond motifs is 1. The Balaban J connectivity index is 0.000000284. The molecule has 0 amide bonds. The van der Waals surface area contributed by atoms with Gasteiger partial charge in [-0.2, -0.15) is 13.2 Å². The van der Waals surface area contributed by atoms with Crippen LogP contribution in [0.15, 0.2) is 65.6 Å². The van der Waals surface area contributed by atoms with Crippen LogP contribution < -0.4 is 0 Å². The standard InChI is InChI=1S/C14H17S.C9H8O4.CHF3O3S/c1-3-15(4-2)14-11-7-9-12-8-5-6-10-13(12)14;1-5-2-3-6(8(10)11)4-7(5)9(12)13;2-1(3,4)8(5,6)7/h5-11H,3-4H2,1-2H3;2-4H,1H3,(H,10,11)(H,12,13);(H,5,6,7)/q+1;;/p-1. The van der Waals surface area contributed by atoms with Gasteiger partial charge in [0.2, 0.25) is 0 Å². The van der Waals surface area contributed by atoms with Crippen molar-refractivity contribution in [2.45, 2.75) is 31.2 Å². The number of rotatable bonds is 5. The van der Waals surface area contributed by atoms with E-state index in [0.717, 1.165) is 6.07 Å². The summed E-state index contributed by atoms with van der Waals surface area (Å²) in [6.45, 7) is 6.19. The largest absolute Gasteiger partial charge is 0.741 e. The molecule has 3 rings (SSSR count). The average molecular weight is 547 g/mol. The number of benzene rings is 3. The minimum atomic E-state index is -6.09. The van der Waals surface area contributed by atoms with Gasteiger partial charge in [0.25, 0.3) is 0 Å². The van der Waals surface area contributed by atoms with Crippen LogP contribution in [-0.2, 0) is 21.0 Å². The zero-order chi connectivity index (χ0) is 27.7. The topological polar surface area (TPSA) is 132 Å². The summed E-state index contributed by atoms with van der Waals surface area (Å²) in [7, 11) is -5.67. The molecule has 36 heavy (non-hydrogen) atoms. The average Bonchev–Trinajstić information content (AvgIpc) is 2.79. The summed E-state index contributed by atoms with van der Waals surface area (Å²) in [6.07, 6.45) is 0. The second-order valence-corrected chi connectivity index (χ2v) is 11.0. The Bertz CT molecular complexity index is 1300. The fraction of sp³-hybridized carbons (Fsp3) is 0.250. The highest BCUT2D eigenvalue weighted by atomic mass is 32.2. The molecule has 0 unspecified atom stereocenters.